The third kappa shape index (κ3) is 22.7. The first-order valence-corrected chi connectivity index (χ1v) is 38.9. The van der Waals surface area contributed by atoms with Crippen LogP contribution < -0.4 is 16.0 Å². The van der Waals surface area contributed by atoms with E-state index >= 15 is 0 Å². The number of aliphatic imine (C=N–C) groups is 3. The van der Waals surface area contributed by atoms with E-state index in [1.807, 2.05) is 21.1 Å². The summed E-state index contributed by atoms with van der Waals surface area (Å²) in [6.45, 7) is 14.0. The first-order chi connectivity index (χ1) is 55.5. The predicted molar refractivity (Wildman–Crippen MR) is 420 cm³/mol. The second kappa shape index (κ2) is 41.1. The van der Waals surface area contributed by atoms with Crippen molar-refractivity contribution in [2.24, 2.45) is 48.0 Å². The summed E-state index contributed by atoms with van der Waals surface area (Å²) in [4.78, 5) is 119. The van der Waals surface area contributed by atoms with E-state index in [2.05, 4.69) is 45.6 Å². The van der Waals surface area contributed by atoms with E-state index in [1.54, 1.807) is 85.5 Å². The molecule has 9 heterocycles. The molecule has 31 nitrogen and oxygen atoms in total. The van der Waals surface area contributed by atoms with E-state index in [4.69, 9.17) is 83.3 Å². The molecule has 8 atom stereocenters. The number of ether oxygens (including phenoxy) is 6. The normalized spacial score (nSPS) is 20.6. The number of nitrogens with one attached hydrogen (secondary N) is 3. The summed E-state index contributed by atoms with van der Waals surface area (Å²) in [5.74, 6) is -4.78. The number of imidazole rings is 3. The van der Waals surface area contributed by atoms with Crippen molar-refractivity contribution < 1.29 is 90.5 Å². The van der Waals surface area contributed by atoms with Crippen molar-refractivity contribution in [2.45, 2.75) is 103 Å². The summed E-state index contributed by atoms with van der Waals surface area (Å²) < 4.78 is 80.6. The number of ketones is 1. The lowest BCUT2D eigenvalue weighted by Crippen LogP contribution is -2.50. The number of carbonyl (C=O) groups excluding carboxylic acids is 4. The van der Waals surface area contributed by atoms with Gasteiger partial charge in [0.05, 0.1) is 87.0 Å². The Morgan fingerprint density at radius 1 is 0.534 bits per heavy atom. The van der Waals surface area contributed by atoms with Gasteiger partial charge in [-0.2, -0.15) is 0 Å². The second-order valence-electron chi connectivity index (χ2n) is 28.2. The van der Waals surface area contributed by atoms with E-state index in [0.29, 0.717) is 154 Å². The number of nitrogens with zero attached hydrogens (tertiary/aromatic N) is 12. The molecule has 0 spiro atoms. The molecular formula is C79H93Cl3F3N15O16. The van der Waals surface area contributed by atoms with Crippen LogP contribution in [0.15, 0.2) is 141 Å². The monoisotopic (exact) mass is 1670 g/mol. The SMILES string of the molecule is CCOC(=O)C1=C(CN2CCOC[C@H]2CC(C)C(=O)O)NC(c2nccn2C)=N[C@H]1c1ccc(F)cc1Cl.CCOC(=O)C1=C(CN2CCO[C@H](CC(C)C(=O)O)C2)NC(c2nccn2C)=N[C@H]1c1ccc(F)cc1Cl.CCOC(=O)C1=C(CN2CCO[C@H](CCC(=O)CC(=O)O)C2)NC(c2nccn2C)=N[C@H]1c1ccc(F)cc1Cl. The molecule has 0 bridgehead atoms. The third-order valence-electron chi connectivity index (χ3n) is 19.8. The number of halogens is 6. The Morgan fingerprint density at radius 3 is 1.28 bits per heavy atom. The van der Waals surface area contributed by atoms with Crippen molar-refractivity contribution in [3.8, 4) is 0 Å². The molecule has 0 radical (unpaired) electrons. The van der Waals surface area contributed by atoms with Crippen LogP contribution in [-0.4, -0.2) is 235 Å². The van der Waals surface area contributed by atoms with Crippen LogP contribution in [0, 0.1) is 29.3 Å². The topological polar surface area (TPSA) is 372 Å². The molecule has 116 heavy (non-hydrogen) atoms. The zero-order chi connectivity index (χ0) is 83.6. The van der Waals surface area contributed by atoms with E-state index in [-0.39, 0.29) is 95.2 Å². The van der Waals surface area contributed by atoms with E-state index in [1.165, 1.54) is 54.6 Å². The largest absolute Gasteiger partial charge is 0.481 e. The van der Waals surface area contributed by atoms with Crippen LogP contribution >= 0.6 is 34.8 Å². The number of carboxylic acids is 3. The maximum Gasteiger partial charge on any atom is 0.338 e. The van der Waals surface area contributed by atoms with Gasteiger partial charge in [-0.1, -0.05) is 66.8 Å². The average Bonchev–Trinajstić information content (AvgIpc) is 1.12. The second-order valence-corrected chi connectivity index (χ2v) is 29.4. The number of benzene rings is 3. The summed E-state index contributed by atoms with van der Waals surface area (Å²) in [5.41, 5.74) is 3.69. The lowest BCUT2D eigenvalue weighted by molar-refractivity contribution is -0.144. The Kier molecular flexibility index (Phi) is 31.2. The van der Waals surface area contributed by atoms with Gasteiger partial charge in [0.25, 0.3) is 0 Å². The lowest BCUT2D eigenvalue weighted by Gasteiger charge is -2.38. The highest BCUT2D eigenvalue weighted by atomic mass is 35.5. The number of rotatable bonds is 29. The zero-order valence-corrected chi connectivity index (χ0v) is 67.5. The Labute approximate surface area is 682 Å². The van der Waals surface area contributed by atoms with Crippen molar-refractivity contribution in [1.29, 1.82) is 0 Å². The molecule has 6 N–H and O–H groups in total. The van der Waals surface area contributed by atoms with Crippen LogP contribution in [0.4, 0.5) is 13.2 Å². The molecule has 3 aromatic carbocycles. The number of Topliss-reactive ketones (excluding diaryl/α,β-unsaturated/α-hetero) is 1. The average molecular weight is 1670 g/mol. The maximum absolute atomic E-state index is 13.9. The van der Waals surface area contributed by atoms with Crippen molar-refractivity contribution in [2.75, 3.05) is 98.6 Å². The first kappa shape index (κ1) is 88.2. The first-order valence-electron chi connectivity index (χ1n) is 37.7. The molecular weight excluding hydrogens is 1580 g/mol. The van der Waals surface area contributed by atoms with Crippen molar-refractivity contribution >= 4 is 93.9 Å². The molecule has 6 aliphatic heterocycles. The van der Waals surface area contributed by atoms with E-state index in [0.717, 1.165) is 0 Å². The molecule has 3 saturated heterocycles. The van der Waals surface area contributed by atoms with Crippen LogP contribution in [0.3, 0.4) is 0 Å². The fraction of sp³-hybridized carbons (Fsp3) is 0.456. The van der Waals surface area contributed by atoms with E-state index < -0.39 is 89.6 Å². The molecule has 0 aliphatic carbocycles. The van der Waals surface area contributed by atoms with Crippen LogP contribution in [-0.2, 0) is 83.1 Å². The van der Waals surface area contributed by atoms with E-state index in [9.17, 15) is 56.9 Å². The summed E-state index contributed by atoms with van der Waals surface area (Å²) in [5, 5.41) is 37.8. The third-order valence-corrected chi connectivity index (χ3v) is 20.8. The molecule has 37 heteroatoms. The van der Waals surface area contributed by atoms with Crippen LogP contribution in [0.5, 0.6) is 0 Å². The number of amidine groups is 3. The minimum atomic E-state index is -1.15. The summed E-state index contributed by atoms with van der Waals surface area (Å²) in [7, 11) is 5.46. The Bertz CT molecular complexity index is 4790. The molecule has 3 fully saturated rings. The van der Waals surface area contributed by atoms with Crippen molar-refractivity contribution in [3.05, 3.63) is 192 Å². The molecule has 0 amide bonds. The zero-order valence-electron chi connectivity index (χ0n) is 65.2. The number of esters is 3. The fourth-order valence-electron chi connectivity index (χ4n) is 14.0. The van der Waals surface area contributed by atoms with Gasteiger partial charge in [-0.05, 0) is 76.4 Å². The number of aromatic nitrogens is 6. The quantitative estimate of drug-likeness (QED) is 0.0145. The van der Waals surface area contributed by atoms with Gasteiger partial charge in [0.1, 0.15) is 47.8 Å². The number of carbonyl (C=O) groups is 7. The minimum Gasteiger partial charge on any atom is -0.481 e. The highest BCUT2D eigenvalue weighted by Gasteiger charge is 2.41. The Morgan fingerprint density at radius 2 is 0.914 bits per heavy atom. The molecule has 6 aromatic rings. The summed E-state index contributed by atoms with van der Waals surface area (Å²) in [6.07, 6.45) is 10.4. The predicted octanol–water partition coefficient (Wildman–Crippen LogP) is 8.51. The summed E-state index contributed by atoms with van der Waals surface area (Å²) in [6, 6.07) is 9.06. The Hall–Kier alpha value is -10.2. The van der Waals surface area contributed by atoms with Gasteiger partial charge in [-0.3, -0.25) is 48.9 Å². The van der Waals surface area contributed by atoms with Crippen molar-refractivity contribution in [1.82, 2.24) is 59.3 Å². The Balaban J connectivity index is 0.000000184. The van der Waals surface area contributed by atoms with Crippen LogP contribution in [0.1, 0.15) is 119 Å². The van der Waals surface area contributed by atoms with Gasteiger partial charge < -0.3 is 73.4 Å². The number of aryl methyl sites for hydroxylation is 3. The van der Waals surface area contributed by atoms with Crippen molar-refractivity contribution in [3.63, 3.8) is 0 Å². The van der Waals surface area contributed by atoms with Gasteiger partial charge in [0.2, 0.25) is 0 Å². The number of hydrogen-bond acceptors (Lipinski definition) is 25. The number of morpholine rings is 3. The standard InChI is InChI=1S/C27H31ClFN5O6.2C26H31ClFN5O5/c1-3-39-27(38)23-21(15-34-10-11-40-18(14-34)6-5-17(35)13-22(36)37)31-25(26-30-8-9-33(26)2)32-24(23)19-7-4-16(29)12-20(19)28;1-4-38-26(36)21-20(13-33-9-10-37-14-17(33)11-15(2)25(34)35)30-23(24-29-7-8-32(24)3)31-22(21)18-6-5-16(28)12-19(18)27;1-4-37-26(36)21-20(14-33-9-10-38-17(13-33)11-15(2)25(34)35)30-23(24-29-7-8-32(24)3)31-22(21)18-6-5-16(28)12-19(18)27/h4,7-9,12,18,24H,3,5-6,10-11,13-15H2,1-2H3,(H,31,32)(H,36,37);2*5-8,12,15,17,22H,4,9-11,13-14H2,1-3H3,(H,30,31)(H,34,35)/t18-,24+;2*15?,17-,22+/m111/s1. The molecule has 2 unspecified atom stereocenters. The molecule has 6 aliphatic rings. The number of aliphatic carboxylic acids is 3. The van der Waals surface area contributed by atoms with Crippen LogP contribution in [0.25, 0.3) is 0 Å². The minimum absolute atomic E-state index is 0.0981. The van der Waals surface area contributed by atoms with Gasteiger partial charge in [0, 0.05) is 172 Å². The lowest BCUT2D eigenvalue weighted by atomic mass is 9.94. The van der Waals surface area contributed by atoms with Gasteiger partial charge >= 0.3 is 35.8 Å². The summed E-state index contributed by atoms with van der Waals surface area (Å²) >= 11 is 19.3. The fourth-order valence-corrected chi connectivity index (χ4v) is 14.8. The number of carboxylic acid groups (broad SMARTS) is 3. The molecule has 0 saturated carbocycles. The highest BCUT2D eigenvalue weighted by molar-refractivity contribution is 6.32. The van der Waals surface area contributed by atoms with Gasteiger partial charge in [-0.25, -0.2) is 42.5 Å². The van der Waals surface area contributed by atoms with Gasteiger partial charge in [0.15, 0.2) is 35.0 Å². The smallest absolute Gasteiger partial charge is 0.338 e. The molecule has 12 rings (SSSR count). The maximum atomic E-state index is 13.9. The molecule has 3 aromatic heterocycles. The molecule has 622 valence electrons. The number of hydrogen-bond donors (Lipinski definition) is 6. The van der Waals surface area contributed by atoms with Crippen LogP contribution in [0.2, 0.25) is 15.1 Å². The van der Waals surface area contributed by atoms with Gasteiger partial charge in [-0.15, -0.1) is 0 Å². The highest BCUT2D eigenvalue weighted by Crippen LogP contribution is 2.41.